The average molecular weight is 284 g/mol. The summed E-state index contributed by atoms with van der Waals surface area (Å²) >= 11 is 3.57. The molecule has 1 aromatic rings. The minimum absolute atomic E-state index is 0.149. The van der Waals surface area contributed by atoms with Gasteiger partial charge in [-0.25, -0.2) is 0 Å². The van der Waals surface area contributed by atoms with Crippen molar-refractivity contribution in [3.8, 4) is 5.75 Å². The lowest BCUT2D eigenvalue weighted by molar-refractivity contribution is 0.405. The van der Waals surface area contributed by atoms with Crippen LogP contribution in [0.1, 0.15) is 36.8 Å². The van der Waals surface area contributed by atoms with Crippen molar-refractivity contribution in [3.05, 3.63) is 27.7 Å². The minimum atomic E-state index is -0.149. The third kappa shape index (κ3) is 1.98. The number of ether oxygens (including phenoxy) is 1. The number of hydrogen-bond acceptors (Lipinski definition) is 2. The van der Waals surface area contributed by atoms with E-state index >= 15 is 0 Å². The third-order valence-electron chi connectivity index (χ3n) is 3.59. The Balaban J connectivity index is 2.45. The molecule has 3 heteroatoms. The Kier molecular flexibility index (Phi) is 3.27. The number of benzene rings is 1. The molecule has 88 valence electrons. The maximum atomic E-state index is 6.45. The normalized spacial score (nSPS) is 18.8. The highest BCUT2D eigenvalue weighted by Gasteiger charge is 2.32. The summed E-state index contributed by atoms with van der Waals surface area (Å²) in [6.45, 7) is 2.05. The van der Waals surface area contributed by atoms with E-state index in [4.69, 9.17) is 10.5 Å². The van der Waals surface area contributed by atoms with Crippen LogP contribution in [0.2, 0.25) is 0 Å². The van der Waals surface area contributed by atoms with E-state index in [1.54, 1.807) is 7.11 Å². The molecule has 1 aliphatic rings. The maximum Gasteiger partial charge on any atom is 0.123 e. The number of hydrogen-bond donors (Lipinski definition) is 1. The smallest absolute Gasteiger partial charge is 0.123 e. The second kappa shape index (κ2) is 4.38. The van der Waals surface area contributed by atoms with Gasteiger partial charge in [0.1, 0.15) is 5.75 Å². The molecule has 2 nitrogen and oxygen atoms in total. The molecule has 0 spiro atoms. The van der Waals surface area contributed by atoms with E-state index < -0.39 is 0 Å². The van der Waals surface area contributed by atoms with Gasteiger partial charge in [-0.05, 0) is 37.5 Å². The Hall–Kier alpha value is -0.540. The molecule has 0 saturated heterocycles. The Bertz CT molecular complexity index is 397. The van der Waals surface area contributed by atoms with Gasteiger partial charge in [-0.3, -0.25) is 0 Å². The molecule has 16 heavy (non-hydrogen) atoms. The van der Waals surface area contributed by atoms with Crippen molar-refractivity contribution in [3.63, 3.8) is 0 Å². The van der Waals surface area contributed by atoms with Gasteiger partial charge in [0.05, 0.1) is 7.11 Å². The average Bonchev–Trinajstić information content (AvgIpc) is 2.70. The van der Waals surface area contributed by atoms with Crippen LogP contribution in [0.25, 0.3) is 0 Å². The monoisotopic (exact) mass is 283 g/mol. The topological polar surface area (TPSA) is 35.2 Å². The van der Waals surface area contributed by atoms with Crippen molar-refractivity contribution in [2.75, 3.05) is 7.11 Å². The van der Waals surface area contributed by atoms with Gasteiger partial charge >= 0.3 is 0 Å². The second-order valence-corrected chi connectivity index (χ2v) is 5.50. The zero-order valence-electron chi connectivity index (χ0n) is 9.85. The molecule has 0 amide bonds. The van der Waals surface area contributed by atoms with Gasteiger partial charge in [-0.15, -0.1) is 0 Å². The van der Waals surface area contributed by atoms with Crippen LogP contribution in [0.15, 0.2) is 16.6 Å². The van der Waals surface area contributed by atoms with Crippen molar-refractivity contribution in [1.82, 2.24) is 0 Å². The molecule has 0 bridgehead atoms. The van der Waals surface area contributed by atoms with Crippen LogP contribution in [-0.2, 0) is 5.54 Å². The molecule has 0 aromatic heterocycles. The Morgan fingerprint density at radius 3 is 2.50 bits per heavy atom. The molecule has 1 fully saturated rings. The first-order chi connectivity index (χ1) is 7.57. The van der Waals surface area contributed by atoms with Crippen LogP contribution in [0.4, 0.5) is 0 Å². The fourth-order valence-corrected chi connectivity index (χ4v) is 2.89. The van der Waals surface area contributed by atoms with E-state index in [0.717, 1.165) is 28.6 Å². The van der Waals surface area contributed by atoms with Crippen LogP contribution >= 0.6 is 15.9 Å². The molecule has 2 N–H and O–H groups in total. The molecule has 1 aliphatic carbocycles. The van der Waals surface area contributed by atoms with Crippen molar-refractivity contribution in [2.24, 2.45) is 5.73 Å². The molecule has 0 atom stereocenters. The number of methoxy groups -OCH3 is 1. The van der Waals surface area contributed by atoms with Crippen molar-refractivity contribution in [1.29, 1.82) is 0 Å². The first-order valence-corrected chi connectivity index (χ1v) is 6.49. The van der Waals surface area contributed by atoms with Crippen LogP contribution in [-0.4, -0.2) is 7.11 Å². The minimum Gasteiger partial charge on any atom is -0.496 e. The van der Waals surface area contributed by atoms with Gasteiger partial charge < -0.3 is 10.5 Å². The Morgan fingerprint density at radius 2 is 1.94 bits per heavy atom. The summed E-state index contributed by atoms with van der Waals surface area (Å²) in [7, 11) is 1.70. The second-order valence-electron chi connectivity index (χ2n) is 4.65. The molecular formula is C13H18BrNO. The van der Waals surface area contributed by atoms with E-state index in [2.05, 4.69) is 28.1 Å². The van der Waals surface area contributed by atoms with Crippen LogP contribution in [0.3, 0.4) is 0 Å². The zero-order valence-corrected chi connectivity index (χ0v) is 11.4. The molecule has 0 aliphatic heterocycles. The lowest BCUT2D eigenvalue weighted by atomic mass is 9.88. The van der Waals surface area contributed by atoms with Crippen molar-refractivity contribution < 1.29 is 4.74 Å². The highest BCUT2D eigenvalue weighted by Crippen LogP contribution is 2.40. The van der Waals surface area contributed by atoms with E-state index in [-0.39, 0.29) is 5.54 Å². The summed E-state index contributed by atoms with van der Waals surface area (Å²) in [6.07, 6.45) is 4.60. The SMILES string of the molecule is COc1cc(C2(N)CCCC2)cc(Br)c1C. The van der Waals surface area contributed by atoms with Gasteiger partial charge in [0.15, 0.2) is 0 Å². The van der Waals surface area contributed by atoms with Gasteiger partial charge in [-0.2, -0.15) is 0 Å². The van der Waals surface area contributed by atoms with Crippen molar-refractivity contribution >= 4 is 15.9 Å². The molecule has 1 saturated carbocycles. The lowest BCUT2D eigenvalue weighted by Crippen LogP contribution is -2.33. The van der Waals surface area contributed by atoms with Gasteiger partial charge in [0.25, 0.3) is 0 Å². The third-order valence-corrected chi connectivity index (χ3v) is 4.41. The fraction of sp³-hybridized carbons (Fsp3) is 0.538. The highest BCUT2D eigenvalue weighted by molar-refractivity contribution is 9.10. The van der Waals surface area contributed by atoms with Crippen LogP contribution in [0.5, 0.6) is 5.75 Å². The zero-order chi connectivity index (χ0) is 11.8. The summed E-state index contributed by atoms with van der Waals surface area (Å²) in [4.78, 5) is 0. The molecule has 1 aromatic carbocycles. The Morgan fingerprint density at radius 1 is 1.31 bits per heavy atom. The van der Waals surface area contributed by atoms with Gasteiger partial charge in [0.2, 0.25) is 0 Å². The summed E-state index contributed by atoms with van der Waals surface area (Å²) in [5, 5.41) is 0. The molecule has 0 unspecified atom stereocenters. The van der Waals surface area contributed by atoms with Crippen LogP contribution in [0, 0.1) is 6.92 Å². The standard InChI is InChI=1S/C13H18BrNO/c1-9-11(14)7-10(8-12(9)16-2)13(15)5-3-4-6-13/h7-8H,3-6,15H2,1-2H3. The van der Waals surface area contributed by atoms with E-state index in [0.29, 0.717) is 0 Å². The highest BCUT2D eigenvalue weighted by atomic mass is 79.9. The summed E-state index contributed by atoms with van der Waals surface area (Å²) < 4.78 is 6.47. The Labute approximate surface area is 105 Å². The van der Waals surface area contributed by atoms with Crippen molar-refractivity contribution in [2.45, 2.75) is 38.1 Å². The summed E-state index contributed by atoms with van der Waals surface area (Å²) in [6, 6.07) is 4.23. The van der Waals surface area contributed by atoms with Gasteiger partial charge in [-0.1, -0.05) is 28.8 Å². The maximum absolute atomic E-state index is 6.45. The molecule has 0 heterocycles. The first-order valence-electron chi connectivity index (χ1n) is 5.70. The van der Waals surface area contributed by atoms with Crippen LogP contribution < -0.4 is 10.5 Å². The molecule has 0 radical (unpaired) electrons. The fourth-order valence-electron chi connectivity index (χ4n) is 2.45. The summed E-state index contributed by atoms with van der Waals surface area (Å²) in [5.41, 5.74) is 8.62. The quantitative estimate of drug-likeness (QED) is 0.902. The van der Waals surface area contributed by atoms with E-state index in [1.165, 1.54) is 18.4 Å². The van der Waals surface area contributed by atoms with E-state index in [1.807, 2.05) is 6.92 Å². The van der Waals surface area contributed by atoms with E-state index in [9.17, 15) is 0 Å². The predicted octanol–water partition coefficient (Wildman–Crippen LogP) is 3.49. The van der Waals surface area contributed by atoms with Gasteiger partial charge in [0, 0.05) is 15.6 Å². The predicted molar refractivity (Wildman–Crippen MR) is 69.8 cm³/mol. The first kappa shape index (κ1) is 11.9. The summed E-state index contributed by atoms with van der Waals surface area (Å²) in [5.74, 6) is 0.918. The largest absolute Gasteiger partial charge is 0.496 e. The number of nitrogens with two attached hydrogens (primary N) is 1. The number of rotatable bonds is 2. The molecule has 2 rings (SSSR count). The lowest BCUT2D eigenvalue weighted by Gasteiger charge is -2.25. The number of halogens is 1. The molecular weight excluding hydrogens is 266 g/mol.